The average molecular weight is 297 g/mol. The van der Waals surface area contributed by atoms with E-state index in [4.69, 9.17) is 5.73 Å². The van der Waals surface area contributed by atoms with Gasteiger partial charge in [-0.15, -0.1) is 11.8 Å². The van der Waals surface area contributed by atoms with Crippen molar-refractivity contribution in [3.8, 4) is 11.1 Å². The molecule has 0 radical (unpaired) electrons. The van der Waals surface area contributed by atoms with Crippen LogP contribution in [0.3, 0.4) is 0 Å². The molecular formula is C15H14F3NS. The number of rotatable bonds is 3. The van der Waals surface area contributed by atoms with E-state index in [0.29, 0.717) is 16.8 Å². The Morgan fingerprint density at radius 3 is 2.25 bits per heavy atom. The molecule has 1 nitrogen and oxygen atoms in total. The minimum absolute atomic E-state index is 0.342. The molecule has 0 bridgehead atoms. The Hall–Kier alpha value is -1.62. The molecule has 0 atom stereocenters. The summed E-state index contributed by atoms with van der Waals surface area (Å²) in [5.41, 5.74) is 6.54. The normalized spacial score (nSPS) is 11.6. The SMILES string of the molecule is CCSc1ccc(-c2cc(C(F)(F)F)ccc2N)cc1. The van der Waals surface area contributed by atoms with E-state index in [-0.39, 0.29) is 0 Å². The molecule has 0 spiro atoms. The third kappa shape index (κ3) is 3.28. The number of benzene rings is 2. The minimum Gasteiger partial charge on any atom is -0.398 e. The number of halogens is 3. The topological polar surface area (TPSA) is 26.0 Å². The highest BCUT2D eigenvalue weighted by Gasteiger charge is 2.30. The van der Waals surface area contributed by atoms with Crippen molar-refractivity contribution in [1.82, 2.24) is 0 Å². The Kier molecular flexibility index (Phi) is 4.28. The van der Waals surface area contributed by atoms with Gasteiger partial charge in [-0.3, -0.25) is 0 Å². The van der Waals surface area contributed by atoms with Crippen molar-refractivity contribution in [2.75, 3.05) is 11.5 Å². The summed E-state index contributed by atoms with van der Waals surface area (Å²) in [4.78, 5) is 1.08. The summed E-state index contributed by atoms with van der Waals surface area (Å²) < 4.78 is 38.2. The zero-order chi connectivity index (χ0) is 14.8. The molecule has 0 saturated heterocycles. The van der Waals surface area contributed by atoms with E-state index >= 15 is 0 Å². The lowest BCUT2D eigenvalue weighted by Gasteiger charge is -2.12. The van der Waals surface area contributed by atoms with Crippen molar-refractivity contribution in [3.63, 3.8) is 0 Å². The fourth-order valence-corrected chi connectivity index (χ4v) is 2.54. The van der Waals surface area contributed by atoms with E-state index in [0.717, 1.165) is 22.8 Å². The second-order valence-corrected chi connectivity index (χ2v) is 5.59. The molecular weight excluding hydrogens is 283 g/mol. The highest BCUT2D eigenvalue weighted by Crippen LogP contribution is 2.35. The van der Waals surface area contributed by atoms with Crippen molar-refractivity contribution in [1.29, 1.82) is 0 Å². The van der Waals surface area contributed by atoms with Gasteiger partial charge in [-0.1, -0.05) is 19.1 Å². The molecule has 2 aromatic rings. The van der Waals surface area contributed by atoms with Crippen LogP contribution in [0.5, 0.6) is 0 Å². The molecule has 0 heterocycles. The lowest BCUT2D eigenvalue weighted by molar-refractivity contribution is -0.137. The van der Waals surface area contributed by atoms with Crippen molar-refractivity contribution in [3.05, 3.63) is 48.0 Å². The van der Waals surface area contributed by atoms with Crippen LogP contribution >= 0.6 is 11.8 Å². The summed E-state index contributed by atoms with van der Waals surface area (Å²) in [5, 5.41) is 0. The predicted molar refractivity (Wildman–Crippen MR) is 77.7 cm³/mol. The van der Waals surface area contributed by atoms with Crippen molar-refractivity contribution in [2.45, 2.75) is 18.0 Å². The Balaban J connectivity index is 2.41. The lowest BCUT2D eigenvalue weighted by atomic mass is 10.0. The first-order valence-electron chi connectivity index (χ1n) is 6.11. The predicted octanol–water partition coefficient (Wildman–Crippen LogP) is 5.07. The summed E-state index contributed by atoms with van der Waals surface area (Å²) >= 11 is 1.68. The average Bonchev–Trinajstić information content (AvgIpc) is 2.39. The van der Waals surface area contributed by atoms with Crippen LogP contribution in [-0.4, -0.2) is 5.75 Å². The molecule has 0 amide bonds. The second kappa shape index (κ2) is 5.79. The largest absolute Gasteiger partial charge is 0.416 e. The van der Waals surface area contributed by atoms with Gasteiger partial charge in [-0.05, 0) is 41.6 Å². The van der Waals surface area contributed by atoms with Gasteiger partial charge in [0.1, 0.15) is 0 Å². The molecule has 2 N–H and O–H groups in total. The Bertz CT molecular complexity index is 591. The van der Waals surface area contributed by atoms with E-state index in [1.165, 1.54) is 6.07 Å². The maximum Gasteiger partial charge on any atom is 0.416 e. The summed E-state index contributed by atoms with van der Waals surface area (Å²) in [5.74, 6) is 0.949. The maximum atomic E-state index is 12.7. The standard InChI is InChI=1S/C15H14F3NS/c1-2-20-12-6-3-10(4-7-12)13-9-11(15(16,17)18)5-8-14(13)19/h3-9H,2,19H2,1H3. The van der Waals surface area contributed by atoms with Crippen molar-refractivity contribution < 1.29 is 13.2 Å². The van der Waals surface area contributed by atoms with E-state index < -0.39 is 11.7 Å². The van der Waals surface area contributed by atoms with Crippen LogP contribution in [0.1, 0.15) is 12.5 Å². The fourth-order valence-electron chi connectivity index (χ4n) is 1.88. The minimum atomic E-state index is -4.36. The molecule has 2 rings (SSSR count). The van der Waals surface area contributed by atoms with Crippen LogP contribution in [0, 0.1) is 0 Å². The van der Waals surface area contributed by atoms with E-state index in [2.05, 4.69) is 0 Å². The third-order valence-electron chi connectivity index (χ3n) is 2.86. The Labute approximate surface area is 120 Å². The van der Waals surface area contributed by atoms with E-state index in [9.17, 15) is 13.2 Å². The lowest BCUT2D eigenvalue weighted by Crippen LogP contribution is -2.05. The van der Waals surface area contributed by atoms with Crippen LogP contribution in [0.2, 0.25) is 0 Å². The first-order valence-corrected chi connectivity index (χ1v) is 7.10. The summed E-state index contributed by atoms with van der Waals surface area (Å²) in [7, 11) is 0. The van der Waals surface area contributed by atoms with Crippen LogP contribution in [-0.2, 0) is 6.18 Å². The fraction of sp³-hybridized carbons (Fsp3) is 0.200. The molecule has 0 aliphatic rings. The molecule has 0 aliphatic heterocycles. The first kappa shape index (κ1) is 14.8. The highest BCUT2D eigenvalue weighted by atomic mass is 32.2. The molecule has 106 valence electrons. The van der Waals surface area contributed by atoms with Gasteiger partial charge in [0.15, 0.2) is 0 Å². The van der Waals surface area contributed by atoms with Gasteiger partial charge in [0.25, 0.3) is 0 Å². The van der Waals surface area contributed by atoms with Crippen molar-refractivity contribution in [2.24, 2.45) is 0 Å². The van der Waals surface area contributed by atoms with Gasteiger partial charge in [-0.2, -0.15) is 13.2 Å². The quantitative estimate of drug-likeness (QED) is 0.632. The van der Waals surface area contributed by atoms with Crippen molar-refractivity contribution >= 4 is 17.4 Å². The number of nitrogens with two attached hydrogens (primary N) is 1. The first-order chi connectivity index (χ1) is 9.41. The molecule has 0 saturated carbocycles. The zero-order valence-electron chi connectivity index (χ0n) is 10.9. The molecule has 0 aromatic heterocycles. The monoisotopic (exact) mass is 297 g/mol. The van der Waals surface area contributed by atoms with Gasteiger partial charge in [-0.25, -0.2) is 0 Å². The van der Waals surface area contributed by atoms with Gasteiger partial charge >= 0.3 is 6.18 Å². The smallest absolute Gasteiger partial charge is 0.398 e. The molecule has 20 heavy (non-hydrogen) atoms. The number of hydrogen-bond acceptors (Lipinski definition) is 2. The van der Waals surface area contributed by atoms with Crippen LogP contribution in [0.15, 0.2) is 47.4 Å². The van der Waals surface area contributed by atoms with Gasteiger partial charge in [0.2, 0.25) is 0 Å². The van der Waals surface area contributed by atoms with Crippen LogP contribution in [0.25, 0.3) is 11.1 Å². The van der Waals surface area contributed by atoms with E-state index in [1.54, 1.807) is 23.9 Å². The molecule has 0 fully saturated rings. The number of hydrogen-bond donors (Lipinski definition) is 1. The molecule has 0 unspecified atom stereocenters. The van der Waals surface area contributed by atoms with E-state index in [1.807, 2.05) is 19.1 Å². The number of thioether (sulfide) groups is 1. The number of alkyl halides is 3. The Morgan fingerprint density at radius 2 is 1.70 bits per heavy atom. The van der Waals surface area contributed by atoms with Crippen LogP contribution in [0.4, 0.5) is 18.9 Å². The summed E-state index contributed by atoms with van der Waals surface area (Å²) in [6.07, 6.45) is -4.36. The molecule has 2 aromatic carbocycles. The van der Waals surface area contributed by atoms with Gasteiger partial charge in [0, 0.05) is 16.1 Å². The molecule has 5 heteroatoms. The Morgan fingerprint density at radius 1 is 1.05 bits per heavy atom. The molecule has 0 aliphatic carbocycles. The second-order valence-electron chi connectivity index (χ2n) is 4.26. The summed E-state index contributed by atoms with van der Waals surface area (Å²) in [6, 6.07) is 10.8. The third-order valence-corrected chi connectivity index (χ3v) is 3.75. The van der Waals surface area contributed by atoms with Gasteiger partial charge in [0.05, 0.1) is 5.56 Å². The van der Waals surface area contributed by atoms with Gasteiger partial charge < -0.3 is 5.73 Å². The maximum absolute atomic E-state index is 12.7. The van der Waals surface area contributed by atoms with Crippen LogP contribution < -0.4 is 5.73 Å². The zero-order valence-corrected chi connectivity index (χ0v) is 11.7. The number of anilines is 1. The summed E-state index contributed by atoms with van der Waals surface area (Å²) in [6.45, 7) is 2.05. The highest BCUT2D eigenvalue weighted by molar-refractivity contribution is 7.99. The number of nitrogen functional groups attached to an aromatic ring is 1.